The Labute approximate surface area is 143 Å². The highest BCUT2D eigenvalue weighted by Gasteiger charge is 2.25. The molecule has 126 valence electrons. The molecule has 0 spiro atoms. The number of aryl methyl sites for hydroxylation is 2. The summed E-state index contributed by atoms with van der Waals surface area (Å²) in [6.07, 6.45) is 11.4. The third-order valence-electron chi connectivity index (χ3n) is 5.62. The second-order valence-electron chi connectivity index (χ2n) is 7.25. The van der Waals surface area contributed by atoms with Crippen molar-refractivity contribution in [2.75, 3.05) is 0 Å². The fourth-order valence-electron chi connectivity index (χ4n) is 4.31. The van der Waals surface area contributed by atoms with E-state index in [2.05, 4.69) is 47.6 Å². The predicted molar refractivity (Wildman–Crippen MR) is 98.1 cm³/mol. The van der Waals surface area contributed by atoms with Crippen LogP contribution in [0.15, 0.2) is 30.4 Å². The predicted octanol–water partition coefficient (Wildman–Crippen LogP) is 4.06. The molecule has 2 aliphatic rings. The second kappa shape index (κ2) is 6.46. The van der Waals surface area contributed by atoms with Crippen molar-refractivity contribution in [1.82, 2.24) is 10.3 Å². The summed E-state index contributed by atoms with van der Waals surface area (Å²) in [6.45, 7) is 2.20. The number of allylic oxidation sites excluding steroid dienone is 2. The van der Waals surface area contributed by atoms with Crippen LogP contribution in [0.25, 0.3) is 10.9 Å². The average molecular weight is 322 g/mol. The number of rotatable bonds is 4. The minimum Gasteiger partial charge on any atom is -0.358 e. The van der Waals surface area contributed by atoms with Crippen LogP contribution in [0, 0.1) is 5.92 Å². The number of carbonyl (C=O) groups is 1. The van der Waals surface area contributed by atoms with Crippen molar-refractivity contribution in [1.29, 1.82) is 0 Å². The fourth-order valence-corrected chi connectivity index (χ4v) is 4.31. The van der Waals surface area contributed by atoms with Gasteiger partial charge in [-0.25, -0.2) is 0 Å². The summed E-state index contributed by atoms with van der Waals surface area (Å²) < 4.78 is 0. The number of H-pyrrole nitrogens is 1. The molecule has 0 bridgehead atoms. The molecule has 0 saturated carbocycles. The molecule has 1 heterocycles. The zero-order chi connectivity index (χ0) is 16.5. The Hall–Kier alpha value is -2.03. The minimum absolute atomic E-state index is 0.217. The largest absolute Gasteiger partial charge is 0.358 e. The van der Waals surface area contributed by atoms with Crippen LogP contribution in [0.1, 0.15) is 49.4 Å². The summed E-state index contributed by atoms with van der Waals surface area (Å²) >= 11 is 0. The van der Waals surface area contributed by atoms with Crippen LogP contribution < -0.4 is 5.32 Å². The van der Waals surface area contributed by atoms with Crippen LogP contribution >= 0.6 is 0 Å². The molecule has 0 fully saturated rings. The van der Waals surface area contributed by atoms with Crippen molar-refractivity contribution in [3.05, 3.63) is 47.2 Å². The zero-order valence-corrected chi connectivity index (χ0v) is 14.4. The van der Waals surface area contributed by atoms with E-state index < -0.39 is 0 Å². The number of hydrogen-bond acceptors (Lipinski definition) is 1. The monoisotopic (exact) mass is 322 g/mol. The number of nitrogens with one attached hydrogen (secondary N) is 2. The van der Waals surface area contributed by atoms with E-state index >= 15 is 0 Å². The third kappa shape index (κ3) is 2.88. The van der Waals surface area contributed by atoms with Gasteiger partial charge in [0.2, 0.25) is 5.91 Å². The van der Waals surface area contributed by atoms with Gasteiger partial charge in [-0.1, -0.05) is 37.3 Å². The molecule has 1 aromatic carbocycles. The maximum absolute atomic E-state index is 12.3. The molecule has 3 heteroatoms. The first-order valence-corrected chi connectivity index (χ1v) is 9.32. The minimum atomic E-state index is 0.217. The van der Waals surface area contributed by atoms with Crippen molar-refractivity contribution in [2.24, 2.45) is 5.92 Å². The van der Waals surface area contributed by atoms with Crippen molar-refractivity contribution < 1.29 is 4.79 Å². The van der Waals surface area contributed by atoms with E-state index in [9.17, 15) is 4.79 Å². The molecule has 0 unspecified atom stereocenters. The van der Waals surface area contributed by atoms with Crippen LogP contribution in [0.4, 0.5) is 0 Å². The van der Waals surface area contributed by atoms with Gasteiger partial charge in [0.15, 0.2) is 0 Å². The average Bonchev–Trinajstić information content (AvgIpc) is 3.21. The lowest BCUT2D eigenvalue weighted by Gasteiger charge is -2.24. The summed E-state index contributed by atoms with van der Waals surface area (Å²) in [4.78, 5) is 16.0. The zero-order valence-electron chi connectivity index (χ0n) is 14.4. The van der Waals surface area contributed by atoms with E-state index in [1.54, 1.807) is 0 Å². The smallest absolute Gasteiger partial charge is 0.220 e. The van der Waals surface area contributed by atoms with Crippen molar-refractivity contribution in [3.8, 4) is 0 Å². The summed E-state index contributed by atoms with van der Waals surface area (Å²) in [5.74, 6) is 0.665. The second-order valence-corrected chi connectivity index (χ2v) is 7.25. The molecule has 0 radical (unpaired) electrons. The highest BCUT2D eigenvalue weighted by atomic mass is 16.1. The molecule has 0 aliphatic heterocycles. The van der Waals surface area contributed by atoms with Gasteiger partial charge in [-0.3, -0.25) is 4.79 Å². The van der Waals surface area contributed by atoms with E-state index in [1.807, 2.05) is 0 Å². The maximum Gasteiger partial charge on any atom is 0.220 e. The Balaban J connectivity index is 1.49. The molecule has 3 nitrogen and oxygen atoms in total. The molecular formula is C21H26N2O. The lowest BCUT2D eigenvalue weighted by molar-refractivity contribution is -0.122. The van der Waals surface area contributed by atoms with Gasteiger partial charge in [-0.15, -0.1) is 0 Å². The lowest BCUT2D eigenvalue weighted by atomic mass is 9.90. The number of aromatic nitrogens is 1. The summed E-state index contributed by atoms with van der Waals surface area (Å²) in [6, 6.07) is 6.86. The van der Waals surface area contributed by atoms with E-state index in [1.165, 1.54) is 27.7 Å². The Kier molecular flexibility index (Phi) is 4.17. The number of amides is 1. The van der Waals surface area contributed by atoms with Crippen LogP contribution in [0.2, 0.25) is 0 Å². The number of benzene rings is 1. The molecule has 4 rings (SSSR count). The van der Waals surface area contributed by atoms with E-state index in [0.29, 0.717) is 12.3 Å². The van der Waals surface area contributed by atoms with Gasteiger partial charge in [0.25, 0.3) is 0 Å². The van der Waals surface area contributed by atoms with Gasteiger partial charge < -0.3 is 10.3 Å². The Morgan fingerprint density at radius 1 is 1.33 bits per heavy atom. The van der Waals surface area contributed by atoms with Gasteiger partial charge in [0.1, 0.15) is 0 Å². The number of carbonyl (C=O) groups excluding carboxylic acids is 1. The fraction of sp³-hybridized carbons (Fsp3) is 0.476. The molecule has 2 atom stereocenters. The van der Waals surface area contributed by atoms with Gasteiger partial charge in [-0.2, -0.15) is 0 Å². The Morgan fingerprint density at radius 3 is 3.04 bits per heavy atom. The lowest BCUT2D eigenvalue weighted by Crippen LogP contribution is -2.39. The van der Waals surface area contributed by atoms with Crippen LogP contribution in [-0.4, -0.2) is 16.9 Å². The first kappa shape index (κ1) is 15.5. The molecule has 24 heavy (non-hydrogen) atoms. The SMILES string of the molecule is CCc1cccc2c3c([nH]c12)CC[C@H](NC(=O)C[C@H]1C=CCC1)C3. The van der Waals surface area contributed by atoms with Crippen LogP contribution in [-0.2, 0) is 24.1 Å². The highest BCUT2D eigenvalue weighted by Crippen LogP contribution is 2.31. The Morgan fingerprint density at radius 2 is 2.25 bits per heavy atom. The van der Waals surface area contributed by atoms with Crippen molar-refractivity contribution in [3.63, 3.8) is 0 Å². The quantitative estimate of drug-likeness (QED) is 0.819. The summed E-state index contributed by atoms with van der Waals surface area (Å²) in [7, 11) is 0. The van der Waals surface area contributed by atoms with Gasteiger partial charge >= 0.3 is 0 Å². The molecular weight excluding hydrogens is 296 g/mol. The van der Waals surface area contributed by atoms with Gasteiger partial charge in [0.05, 0.1) is 0 Å². The molecule has 2 aromatic rings. The van der Waals surface area contributed by atoms with Gasteiger partial charge in [-0.05, 0) is 55.6 Å². The molecule has 2 N–H and O–H groups in total. The highest BCUT2D eigenvalue weighted by molar-refractivity contribution is 5.88. The first-order chi connectivity index (χ1) is 11.7. The first-order valence-electron chi connectivity index (χ1n) is 9.32. The standard InChI is InChI=1S/C21H26N2O/c1-2-15-8-5-9-17-18-13-16(10-11-19(18)23-21(15)17)22-20(24)12-14-6-3-4-7-14/h3,5-6,8-9,14,16,23H,2,4,7,10-13H2,1H3,(H,22,24)/t14-,16-/m0/s1. The van der Waals surface area contributed by atoms with E-state index in [0.717, 1.165) is 38.5 Å². The van der Waals surface area contributed by atoms with E-state index in [4.69, 9.17) is 0 Å². The molecule has 2 aliphatic carbocycles. The third-order valence-corrected chi connectivity index (χ3v) is 5.62. The van der Waals surface area contributed by atoms with Crippen LogP contribution in [0.3, 0.4) is 0 Å². The van der Waals surface area contributed by atoms with Gasteiger partial charge in [0, 0.05) is 29.1 Å². The summed E-state index contributed by atoms with van der Waals surface area (Å²) in [5.41, 5.74) is 5.47. The molecule has 1 amide bonds. The number of hydrogen-bond donors (Lipinski definition) is 2. The Bertz CT molecular complexity index is 786. The number of para-hydroxylation sites is 1. The normalized spacial score (nSPS) is 22.7. The molecule has 1 aromatic heterocycles. The summed E-state index contributed by atoms with van der Waals surface area (Å²) in [5, 5.41) is 4.63. The maximum atomic E-state index is 12.3. The van der Waals surface area contributed by atoms with E-state index in [-0.39, 0.29) is 11.9 Å². The van der Waals surface area contributed by atoms with Crippen LogP contribution in [0.5, 0.6) is 0 Å². The van der Waals surface area contributed by atoms with Crippen molar-refractivity contribution in [2.45, 2.75) is 57.9 Å². The topological polar surface area (TPSA) is 44.9 Å². The van der Waals surface area contributed by atoms with Crippen molar-refractivity contribution >= 4 is 16.8 Å². The number of fused-ring (bicyclic) bond motifs is 3. The number of aromatic amines is 1. The molecule has 0 saturated heterocycles.